The second-order valence-corrected chi connectivity index (χ2v) is 4.07. The summed E-state index contributed by atoms with van der Waals surface area (Å²) in [6.07, 6.45) is 1.72. The highest BCUT2D eigenvalue weighted by Crippen LogP contribution is 2.28. The molecule has 1 aromatic heterocycles. The van der Waals surface area contributed by atoms with Crippen LogP contribution in [0.15, 0.2) is 30.5 Å². The second kappa shape index (κ2) is 5.39. The van der Waals surface area contributed by atoms with Crippen LogP contribution in [-0.4, -0.2) is 27.7 Å². The van der Waals surface area contributed by atoms with Crippen molar-refractivity contribution in [2.24, 2.45) is 7.05 Å². The number of hydrogen-bond acceptors (Lipinski definition) is 5. The number of benzene rings is 1. The first-order valence-electron chi connectivity index (χ1n) is 5.78. The molecule has 0 spiro atoms. The Hall–Kier alpha value is -2.90. The van der Waals surface area contributed by atoms with Gasteiger partial charge in [-0.05, 0) is 12.1 Å². The third-order valence-corrected chi connectivity index (χ3v) is 2.66. The van der Waals surface area contributed by atoms with Crippen LogP contribution in [0.25, 0.3) is 0 Å². The van der Waals surface area contributed by atoms with E-state index in [1.807, 2.05) is 0 Å². The molecular weight excluding hydrogens is 262 g/mol. The highest BCUT2D eigenvalue weighted by Gasteiger charge is 2.17. The molecular formula is C12H13N5O3. The molecule has 2 N–H and O–H groups in total. The Morgan fingerprint density at radius 1 is 1.40 bits per heavy atom. The Morgan fingerprint density at radius 3 is 2.70 bits per heavy atom. The van der Waals surface area contributed by atoms with Gasteiger partial charge >= 0.3 is 0 Å². The van der Waals surface area contributed by atoms with Crippen LogP contribution < -0.4 is 10.6 Å². The zero-order valence-corrected chi connectivity index (χ0v) is 11.0. The summed E-state index contributed by atoms with van der Waals surface area (Å²) in [7, 11) is 3.21. The molecule has 0 saturated heterocycles. The Bertz CT molecular complexity index is 665. The molecule has 0 aliphatic carbocycles. The average Bonchev–Trinajstić information content (AvgIpc) is 2.83. The number of nitrogens with one attached hydrogen (secondary N) is 2. The molecule has 104 valence electrons. The van der Waals surface area contributed by atoms with Crippen LogP contribution in [0.1, 0.15) is 10.4 Å². The summed E-state index contributed by atoms with van der Waals surface area (Å²) in [5.74, 6) is 0.112. The molecule has 0 aliphatic rings. The van der Waals surface area contributed by atoms with E-state index in [0.29, 0.717) is 5.82 Å². The largest absolute Gasteiger partial charge is 0.355 e. The molecule has 0 unspecified atom stereocenters. The number of rotatable bonds is 4. The normalized spacial score (nSPS) is 10.1. The molecule has 0 radical (unpaired) electrons. The Kier molecular flexibility index (Phi) is 3.65. The standard InChI is InChI=1S/C12H13N5O3/c1-13-12(18)8-3-4-9(10(7-8)17(19)20)14-11-5-6-16(2)15-11/h3-7H,1-2H3,(H,13,18)(H,14,15). The number of aromatic nitrogens is 2. The van der Waals surface area contributed by atoms with Gasteiger partial charge in [-0.1, -0.05) is 0 Å². The molecule has 0 fully saturated rings. The van der Waals surface area contributed by atoms with Crippen LogP contribution in [-0.2, 0) is 7.05 Å². The summed E-state index contributed by atoms with van der Waals surface area (Å²) in [5.41, 5.74) is 0.323. The first-order chi connectivity index (χ1) is 9.51. The molecule has 1 aromatic carbocycles. The van der Waals surface area contributed by atoms with Crippen molar-refractivity contribution in [3.8, 4) is 0 Å². The summed E-state index contributed by atoms with van der Waals surface area (Å²) in [6.45, 7) is 0. The first kappa shape index (κ1) is 13.5. The van der Waals surface area contributed by atoms with Gasteiger partial charge in [0, 0.05) is 38.0 Å². The van der Waals surface area contributed by atoms with E-state index in [2.05, 4.69) is 15.7 Å². The minimum Gasteiger partial charge on any atom is -0.355 e. The van der Waals surface area contributed by atoms with Gasteiger partial charge in [-0.3, -0.25) is 19.6 Å². The van der Waals surface area contributed by atoms with Crippen LogP contribution >= 0.6 is 0 Å². The number of anilines is 2. The number of carbonyl (C=O) groups is 1. The number of carbonyl (C=O) groups excluding carboxylic acids is 1. The Balaban J connectivity index is 2.37. The van der Waals surface area contributed by atoms with Gasteiger partial charge in [-0.2, -0.15) is 5.10 Å². The van der Waals surface area contributed by atoms with Gasteiger partial charge in [0.05, 0.1) is 4.92 Å². The van der Waals surface area contributed by atoms with Gasteiger partial charge in [-0.25, -0.2) is 0 Å². The molecule has 1 amide bonds. The quantitative estimate of drug-likeness (QED) is 0.649. The summed E-state index contributed by atoms with van der Waals surface area (Å²) >= 11 is 0. The van der Waals surface area contributed by atoms with E-state index < -0.39 is 4.92 Å². The van der Waals surface area contributed by atoms with E-state index in [1.54, 1.807) is 24.0 Å². The van der Waals surface area contributed by atoms with Gasteiger partial charge in [0.1, 0.15) is 5.69 Å². The molecule has 0 aliphatic heterocycles. The van der Waals surface area contributed by atoms with Crippen LogP contribution in [0.4, 0.5) is 17.2 Å². The number of aryl methyl sites for hydroxylation is 1. The van der Waals surface area contributed by atoms with Gasteiger partial charge in [-0.15, -0.1) is 0 Å². The topological polar surface area (TPSA) is 102 Å². The number of nitro benzene ring substituents is 1. The third-order valence-electron chi connectivity index (χ3n) is 2.66. The van der Waals surface area contributed by atoms with Gasteiger partial charge in [0.2, 0.25) is 0 Å². The van der Waals surface area contributed by atoms with Gasteiger partial charge < -0.3 is 10.6 Å². The van der Waals surface area contributed by atoms with Crippen molar-refractivity contribution in [2.75, 3.05) is 12.4 Å². The molecule has 8 nitrogen and oxygen atoms in total. The van der Waals surface area contributed by atoms with Crippen molar-refractivity contribution < 1.29 is 9.72 Å². The van der Waals surface area contributed by atoms with Crippen molar-refractivity contribution in [3.63, 3.8) is 0 Å². The lowest BCUT2D eigenvalue weighted by molar-refractivity contribution is -0.383. The highest BCUT2D eigenvalue weighted by atomic mass is 16.6. The Labute approximate surface area is 114 Å². The number of nitrogens with zero attached hydrogens (tertiary/aromatic N) is 3. The van der Waals surface area contributed by atoms with Gasteiger partial charge in [0.15, 0.2) is 5.82 Å². The van der Waals surface area contributed by atoms with E-state index in [1.165, 1.54) is 25.2 Å². The zero-order valence-electron chi connectivity index (χ0n) is 11.0. The van der Waals surface area contributed by atoms with Gasteiger partial charge in [0.25, 0.3) is 11.6 Å². The average molecular weight is 275 g/mol. The maximum atomic E-state index is 11.5. The fourth-order valence-electron chi connectivity index (χ4n) is 1.69. The van der Waals surface area contributed by atoms with Crippen molar-refractivity contribution in [3.05, 3.63) is 46.1 Å². The third kappa shape index (κ3) is 2.74. The summed E-state index contributed by atoms with van der Waals surface area (Å²) in [6, 6.07) is 5.91. The predicted molar refractivity (Wildman–Crippen MR) is 73.0 cm³/mol. The predicted octanol–water partition coefficient (Wildman–Crippen LogP) is 1.43. The summed E-state index contributed by atoms with van der Waals surface area (Å²) in [5, 5.41) is 20.4. The monoisotopic (exact) mass is 275 g/mol. The molecule has 0 saturated carbocycles. The van der Waals surface area contributed by atoms with Crippen LogP contribution in [0, 0.1) is 10.1 Å². The maximum Gasteiger partial charge on any atom is 0.293 e. The van der Waals surface area contributed by atoms with E-state index in [4.69, 9.17) is 0 Å². The lowest BCUT2D eigenvalue weighted by atomic mass is 10.1. The summed E-state index contributed by atoms with van der Waals surface area (Å²) < 4.78 is 1.58. The van der Waals surface area contributed by atoms with Crippen molar-refractivity contribution in [2.45, 2.75) is 0 Å². The molecule has 20 heavy (non-hydrogen) atoms. The molecule has 1 heterocycles. The summed E-state index contributed by atoms with van der Waals surface area (Å²) in [4.78, 5) is 22.0. The minimum absolute atomic E-state index is 0.184. The van der Waals surface area contributed by atoms with Crippen molar-refractivity contribution in [1.82, 2.24) is 15.1 Å². The van der Waals surface area contributed by atoms with E-state index in [0.717, 1.165) is 0 Å². The molecule has 0 atom stereocenters. The number of hydrogen-bond donors (Lipinski definition) is 2. The SMILES string of the molecule is CNC(=O)c1ccc(Nc2ccn(C)n2)c([N+](=O)[O-])c1. The molecule has 2 aromatic rings. The fraction of sp³-hybridized carbons (Fsp3) is 0.167. The fourth-order valence-corrected chi connectivity index (χ4v) is 1.69. The van der Waals surface area contributed by atoms with E-state index in [9.17, 15) is 14.9 Å². The maximum absolute atomic E-state index is 11.5. The Morgan fingerprint density at radius 2 is 2.15 bits per heavy atom. The van der Waals surface area contributed by atoms with E-state index >= 15 is 0 Å². The second-order valence-electron chi connectivity index (χ2n) is 4.07. The lowest BCUT2D eigenvalue weighted by Crippen LogP contribution is -2.17. The minimum atomic E-state index is -0.544. The first-order valence-corrected chi connectivity index (χ1v) is 5.78. The van der Waals surface area contributed by atoms with Crippen LogP contribution in [0.2, 0.25) is 0 Å². The number of amides is 1. The van der Waals surface area contributed by atoms with Crippen molar-refractivity contribution in [1.29, 1.82) is 0 Å². The zero-order chi connectivity index (χ0) is 14.7. The smallest absolute Gasteiger partial charge is 0.293 e. The highest BCUT2D eigenvalue weighted by molar-refractivity contribution is 5.95. The molecule has 0 bridgehead atoms. The van der Waals surface area contributed by atoms with Crippen molar-refractivity contribution >= 4 is 23.1 Å². The molecule has 2 rings (SSSR count). The van der Waals surface area contributed by atoms with Crippen LogP contribution in [0.3, 0.4) is 0 Å². The number of nitro groups is 1. The lowest BCUT2D eigenvalue weighted by Gasteiger charge is -2.06. The van der Waals surface area contributed by atoms with E-state index in [-0.39, 0.29) is 22.8 Å². The van der Waals surface area contributed by atoms with Crippen LogP contribution in [0.5, 0.6) is 0 Å². The molecule has 8 heteroatoms.